The van der Waals surface area contributed by atoms with Crippen molar-refractivity contribution in [3.05, 3.63) is 54.2 Å². The SMILES string of the molecule is CNC(=O)[C@H](Cc1cnc[nH]1)NC(=O)[C@H](Cc1c[nH]c2ccccc12)NC(=O)[C@H](CCCCNC(=O)CCC(C(=O)O)N1CCN(CC(=O)[O-])CCN(CC(=O)[O-])CCN(CC(=O)[O-])CC1)NC(=O)[C@H](CCCCNC(C=O)CC(C(=O)O)N1CCN(CC(=O)[O-])CCN(CC(=O)[O-])CCN(CC(=O)[O-])CC1)NC(=O)CCC(C(=O)[O-])N1CCN(CC(=O)[O-])CCN(CC(=O)[O-])CCN(CC(=O)O)CC1. The van der Waals surface area contributed by atoms with E-state index in [2.05, 4.69) is 52.2 Å². The summed E-state index contributed by atoms with van der Waals surface area (Å²) in [5.74, 6) is -23.3. The number of unbranched alkanes of at least 4 members (excludes halogenated alkanes) is 2. The summed E-state index contributed by atoms with van der Waals surface area (Å²) in [6.45, 7) is -8.87. The van der Waals surface area contributed by atoms with Gasteiger partial charge in [0.25, 0.3) is 0 Å². The Labute approximate surface area is 806 Å². The highest BCUT2D eigenvalue weighted by molar-refractivity contribution is 5.96. The number of rotatable bonds is 56. The van der Waals surface area contributed by atoms with Crippen LogP contribution in [0.3, 0.4) is 0 Å². The van der Waals surface area contributed by atoms with E-state index in [9.17, 15) is 143 Å². The largest absolute Gasteiger partial charge is 0.549 e. The normalized spacial score (nSPS) is 18.2. The molecule has 12 N–H and O–H groups in total. The first-order valence-corrected chi connectivity index (χ1v) is 46.2. The maximum absolute atomic E-state index is 15.5. The van der Waals surface area contributed by atoms with Gasteiger partial charge in [-0.3, -0.25) is 102 Å². The molecular weight excluding hydrogens is 1850 g/mol. The fourth-order valence-corrected chi connectivity index (χ4v) is 16.8. The molecule has 6 rings (SSSR count). The molecule has 1 aromatic carbocycles. The smallest absolute Gasteiger partial charge is 0.320 e. The fourth-order valence-electron chi connectivity index (χ4n) is 16.8. The summed E-state index contributed by atoms with van der Waals surface area (Å²) in [6.07, 6.45) is 0.913. The standard InChI is InChI=1S/C87H136N22O31/c1-88-81(131)66(43-59-46-89-57-93-59)97-84(134)65(42-58-45-92-62-9-3-2-8-61(58)62)96-83(133)64(11-5-7-17-91-70(111)14-12-67(85(135)136)107-36-30-101(50-75(119)120)24-18-98(47-72(113)114)19-25-102(31-37-107)51-76(121)122)95-82(132)63(94-71(112)15-13-68(86(137)138)108-38-32-103(52-77(123)124)26-20-99(48-73(115)116)21-27-104(33-39-108)53-78(125)126)10-4-6-16-90-60(56-110)44-69(87(139)140)109-40-34-105(54-79(127)128)28-22-100(49-74(117)118)23-29-106(35-41-109)55-80(129)130/h2-3,8-9,45-46,56-57,60,63-69,90,92H,4-7,10-44,47-55H2,1H3,(H,88,131)(H,89,93)(H,91,111)(H,94,112)(H,95,132)(H,96,133)(H,97,134)(H,113,114)(H,115,116)(H,117,118)(H,119,120)(H,121,122)(H,123,124)(H,125,126)(H,127,128)(H,129,130)(H,135,136)(H,137,138)(H,139,140)/p-9/t60?,63-,64-,65-,66-,67?,68?,69?/m0/s1. The van der Waals surface area contributed by atoms with Crippen LogP contribution in [-0.2, 0) is 104 Å². The van der Waals surface area contributed by atoms with Gasteiger partial charge in [-0.15, -0.1) is 0 Å². The van der Waals surface area contributed by atoms with Gasteiger partial charge in [0, 0.05) is 284 Å². The maximum Gasteiger partial charge on any atom is 0.320 e. The number of nitrogens with one attached hydrogen (secondary N) is 9. The number of fused-ring (bicyclic) bond motifs is 1. The number of carboxylic acids is 12. The number of H-pyrrole nitrogens is 2. The molecule has 0 aliphatic carbocycles. The first-order valence-electron chi connectivity index (χ1n) is 46.2. The third-order valence-electron chi connectivity index (χ3n) is 24.3. The Balaban J connectivity index is 1.34. The van der Waals surface area contributed by atoms with Crippen LogP contribution in [0.4, 0.5) is 0 Å². The zero-order valence-electron chi connectivity index (χ0n) is 78.3. The molecule has 4 unspecified atom stereocenters. The minimum atomic E-state index is -1.75. The number of hydrogen-bond donors (Lipinski definition) is 12. The van der Waals surface area contributed by atoms with Crippen molar-refractivity contribution >= 4 is 124 Å². The average molecular weight is 1980 g/mol. The maximum atomic E-state index is 15.5. The number of carbonyl (C=O) groups is 19. The predicted molar refractivity (Wildman–Crippen MR) is 470 cm³/mol. The second-order valence-electron chi connectivity index (χ2n) is 34.6. The molecule has 0 spiro atoms. The van der Waals surface area contributed by atoms with Gasteiger partial charge in [0.05, 0.1) is 72.6 Å². The van der Waals surface area contributed by atoms with Crippen LogP contribution in [0.25, 0.3) is 10.9 Å². The van der Waals surface area contributed by atoms with Crippen LogP contribution in [-0.4, -0.2) is 487 Å². The summed E-state index contributed by atoms with van der Waals surface area (Å²) in [6, 6.07) is -5.32. The molecule has 53 nitrogen and oxygen atoms in total. The van der Waals surface area contributed by atoms with Crippen molar-refractivity contribution in [2.45, 2.75) is 132 Å². The van der Waals surface area contributed by atoms with Crippen LogP contribution < -0.4 is 83.2 Å². The zero-order chi connectivity index (χ0) is 103. The number of aromatic nitrogens is 3. The molecule has 6 amide bonds. The monoisotopic (exact) mass is 1980 g/mol. The number of hydrogen-bond acceptors (Lipinski definition) is 42. The minimum Gasteiger partial charge on any atom is -0.549 e. The summed E-state index contributed by atoms with van der Waals surface area (Å²) in [4.78, 5) is 275. The van der Waals surface area contributed by atoms with Crippen molar-refractivity contribution in [3.8, 4) is 0 Å². The Kier molecular flexibility index (Phi) is 51.4. The summed E-state index contributed by atoms with van der Waals surface area (Å²) in [5, 5.41) is 159. The molecule has 3 aliphatic heterocycles. The molecule has 0 radical (unpaired) electrons. The quantitative estimate of drug-likeness (QED) is 0.0184. The molecule has 3 aromatic rings. The van der Waals surface area contributed by atoms with Gasteiger partial charge in [-0.05, 0) is 76.0 Å². The number of para-hydroxylation sites is 1. The van der Waals surface area contributed by atoms with Crippen molar-refractivity contribution in [3.63, 3.8) is 0 Å². The van der Waals surface area contributed by atoms with E-state index >= 15 is 9.59 Å². The highest BCUT2D eigenvalue weighted by Gasteiger charge is 2.37. The van der Waals surface area contributed by atoms with E-state index in [1.165, 1.54) is 78.4 Å². The number of carbonyl (C=O) groups excluding carboxylic acids is 16. The first kappa shape index (κ1) is 116. The van der Waals surface area contributed by atoms with Crippen LogP contribution in [0.15, 0.2) is 43.0 Å². The molecule has 0 bridgehead atoms. The van der Waals surface area contributed by atoms with Gasteiger partial charge in [0.15, 0.2) is 0 Å². The lowest BCUT2D eigenvalue weighted by Crippen LogP contribution is -2.59. The summed E-state index contributed by atoms with van der Waals surface area (Å²) in [7, 11) is 1.32. The molecule has 5 heterocycles. The third-order valence-corrected chi connectivity index (χ3v) is 24.3. The minimum absolute atomic E-state index is 0.00127. The van der Waals surface area contributed by atoms with Gasteiger partial charge >= 0.3 is 17.9 Å². The van der Waals surface area contributed by atoms with E-state index in [-0.39, 0.29) is 228 Å². The lowest BCUT2D eigenvalue weighted by molar-refractivity contribution is -0.313. The lowest BCUT2D eigenvalue weighted by atomic mass is 10.0. The number of nitrogens with zero attached hydrogens (tertiary/aromatic N) is 13. The summed E-state index contributed by atoms with van der Waals surface area (Å²) in [5.41, 5.74) is 1.52. The number of aromatic amines is 2. The van der Waals surface area contributed by atoms with E-state index in [0.29, 0.717) is 28.4 Å². The van der Waals surface area contributed by atoms with E-state index in [1.807, 2.05) is 0 Å². The highest BCUT2D eigenvalue weighted by atomic mass is 16.4. The Hall–Kier alpha value is -12.4. The number of aliphatic carboxylic acids is 12. The molecule has 2 aromatic heterocycles. The lowest BCUT2D eigenvalue weighted by Gasteiger charge is -2.37. The third kappa shape index (κ3) is 44.8. The summed E-state index contributed by atoms with van der Waals surface area (Å²) >= 11 is 0. The molecule has 780 valence electrons. The molecular formula is C87H127N22O31-9. The van der Waals surface area contributed by atoms with Crippen molar-refractivity contribution in [1.82, 2.24) is 111 Å². The Morgan fingerprint density at radius 1 is 0.393 bits per heavy atom. The predicted octanol–water partition coefficient (Wildman–Crippen LogP) is -19.3. The number of imidazole rings is 1. The van der Waals surface area contributed by atoms with Crippen molar-refractivity contribution in [2.75, 3.05) is 236 Å². The van der Waals surface area contributed by atoms with Crippen LogP contribution in [0.5, 0.6) is 0 Å². The first-order chi connectivity index (χ1) is 66.6. The van der Waals surface area contributed by atoms with Gasteiger partial charge in [0.2, 0.25) is 35.4 Å². The molecule has 3 saturated heterocycles. The number of benzene rings is 1. The van der Waals surface area contributed by atoms with Crippen molar-refractivity contribution in [1.29, 1.82) is 0 Å². The van der Waals surface area contributed by atoms with E-state index in [4.69, 9.17) is 0 Å². The van der Waals surface area contributed by atoms with Gasteiger partial charge in [-0.1, -0.05) is 18.2 Å². The van der Waals surface area contributed by atoms with Gasteiger partial charge in [-0.2, -0.15) is 0 Å². The van der Waals surface area contributed by atoms with Gasteiger partial charge in [-0.25, -0.2) is 4.98 Å². The second kappa shape index (κ2) is 61.9. The molecule has 53 heteroatoms. The van der Waals surface area contributed by atoms with E-state index < -0.39 is 240 Å². The highest BCUT2D eigenvalue weighted by Crippen LogP contribution is 2.22. The second-order valence-corrected chi connectivity index (χ2v) is 34.6. The van der Waals surface area contributed by atoms with Crippen molar-refractivity contribution in [2.24, 2.45) is 0 Å². The topological polar surface area (TPSA) is 760 Å². The number of likely N-dealkylation sites (N-methyl/N-ethyl adjacent to an activating group) is 1. The van der Waals surface area contributed by atoms with Crippen molar-refractivity contribution < 1.29 is 152 Å². The van der Waals surface area contributed by atoms with Crippen LogP contribution in [0.2, 0.25) is 0 Å². The summed E-state index contributed by atoms with van der Waals surface area (Å²) < 4.78 is 0. The number of amides is 6. The van der Waals surface area contributed by atoms with E-state index in [0.717, 1.165) is 0 Å². The van der Waals surface area contributed by atoms with E-state index in [1.54, 1.807) is 30.5 Å². The molecule has 0 saturated carbocycles. The molecule has 3 aliphatic rings. The van der Waals surface area contributed by atoms with Crippen LogP contribution >= 0.6 is 0 Å². The molecule has 140 heavy (non-hydrogen) atoms. The fraction of sp³-hybridized carbons (Fsp3) is 0.655. The van der Waals surface area contributed by atoms with Crippen LogP contribution in [0, 0.1) is 0 Å². The van der Waals surface area contributed by atoms with Gasteiger partial charge in [0.1, 0.15) is 42.5 Å². The Morgan fingerprint density at radius 3 is 1.12 bits per heavy atom. The Morgan fingerprint density at radius 2 is 0.743 bits per heavy atom. The molecule has 3 fully saturated rings. The molecule has 8 atom stereocenters. The number of aldehydes is 1. The van der Waals surface area contributed by atoms with Gasteiger partial charge < -0.3 is 156 Å². The van der Waals surface area contributed by atoms with Crippen LogP contribution in [0.1, 0.15) is 81.9 Å². The number of carboxylic acid groups (broad SMARTS) is 12. The Bertz CT molecular complexity index is 4480. The zero-order valence-corrected chi connectivity index (χ0v) is 78.3. The average Bonchev–Trinajstić information content (AvgIpc) is 1.67.